The second-order valence-electron chi connectivity index (χ2n) is 8.91. The zero-order valence-electron chi connectivity index (χ0n) is 17.5. The number of nitrogens with two attached hydrogens (primary N) is 1. The van der Waals surface area contributed by atoms with E-state index in [1.807, 2.05) is 18.2 Å². The van der Waals surface area contributed by atoms with Crippen LogP contribution in [0.4, 0.5) is 0 Å². The lowest BCUT2D eigenvalue weighted by Gasteiger charge is -2.19. The fraction of sp³-hybridized carbons (Fsp3) is 0.560. The van der Waals surface area contributed by atoms with Gasteiger partial charge in [-0.05, 0) is 56.4 Å². The molecule has 0 radical (unpaired) electrons. The van der Waals surface area contributed by atoms with Crippen molar-refractivity contribution in [2.24, 2.45) is 23.5 Å². The molecule has 0 aliphatic heterocycles. The average Bonchev–Trinajstić information content (AvgIpc) is 3.16. The monoisotopic (exact) mass is 397 g/mol. The van der Waals surface area contributed by atoms with Crippen LogP contribution in [-0.2, 0) is 11.2 Å². The van der Waals surface area contributed by atoms with Crippen LogP contribution in [0.3, 0.4) is 0 Å². The summed E-state index contributed by atoms with van der Waals surface area (Å²) in [5, 5.41) is 20.9. The van der Waals surface area contributed by atoms with E-state index < -0.39 is 6.10 Å². The van der Waals surface area contributed by atoms with Gasteiger partial charge < -0.3 is 15.9 Å². The van der Waals surface area contributed by atoms with Gasteiger partial charge in [-0.1, -0.05) is 60.1 Å². The molecular formula is C25H35NO3. The summed E-state index contributed by atoms with van der Waals surface area (Å²) in [5.41, 5.74) is 9.01. The third kappa shape index (κ3) is 6.28. The summed E-state index contributed by atoms with van der Waals surface area (Å²) >= 11 is 0. The molecule has 2 aliphatic carbocycles. The Hall–Kier alpha value is -1.91. The molecule has 3 rings (SSSR count). The fourth-order valence-corrected chi connectivity index (χ4v) is 5.02. The number of aliphatic hydroxyl groups is 2. The quantitative estimate of drug-likeness (QED) is 0.414. The Kier molecular flexibility index (Phi) is 7.68. The number of amides is 1. The number of carbonyl (C=O) groups excluding carboxylic acids is 1. The zero-order chi connectivity index (χ0) is 20.8. The summed E-state index contributed by atoms with van der Waals surface area (Å²) in [6.07, 6.45) is 12.5. The SMILES string of the molecule is Cc1cccc(C[C@H](O)/C=C/[C@@H]2[C@H]3CC(CCCCCC(N)=O)=C[C@H]3C[C@H]2O)c1. The highest BCUT2D eigenvalue weighted by Gasteiger charge is 2.43. The van der Waals surface area contributed by atoms with Gasteiger partial charge in [-0.2, -0.15) is 0 Å². The van der Waals surface area contributed by atoms with Crippen molar-refractivity contribution in [3.05, 3.63) is 59.2 Å². The lowest BCUT2D eigenvalue weighted by molar-refractivity contribution is -0.118. The second-order valence-corrected chi connectivity index (χ2v) is 8.91. The Morgan fingerprint density at radius 2 is 2.14 bits per heavy atom. The smallest absolute Gasteiger partial charge is 0.217 e. The summed E-state index contributed by atoms with van der Waals surface area (Å²) in [5.74, 6) is 0.811. The Balaban J connectivity index is 1.47. The van der Waals surface area contributed by atoms with Crippen molar-refractivity contribution < 1.29 is 15.0 Å². The minimum Gasteiger partial charge on any atom is -0.392 e. The van der Waals surface area contributed by atoms with Gasteiger partial charge in [0.25, 0.3) is 0 Å². The molecule has 158 valence electrons. The van der Waals surface area contributed by atoms with Crippen LogP contribution in [0.15, 0.2) is 48.1 Å². The third-order valence-corrected chi connectivity index (χ3v) is 6.45. The van der Waals surface area contributed by atoms with Gasteiger partial charge in [0, 0.05) is 18.8 Å². The Morgan fingerprint density at radius 1 is 1.31 bits per heavy atom. The number of rotatable bonds is 10. The van der Waals surface area contributed by atoms with E-state index in [0.717, 1.165) is 44.1 Å². The number of aryl methyl sites for hydroxylation is 1. The van der Waals surface area contributed by atoms with E-state index in [-0.39, 0.29) is 17.9 Å². The van der Waals surface area contributed by atoms with Crippen LogP contribution in [0.1, 0.15) is 56.1 Å². The molecule has 4 nitrogen and oxygen atoms in total. The number of hydrogen-bond acceptors (Lipinski definition) is 3. The Labute approximate surface area is 174 Å². The van der Waals surface area contributed by atoms with Crippen molar-refractivity contribution in [1.29, 1.82) is 0 Å². The number of fused-ring (bicyclic) bond motifs is 1. The maximum Gasteiger partial charge on any atom is 0.217 e. The molecule has 5 atom stereocenters. The number of benzene rings is 1. The highest BCUT2D eigenvalue weighted by molar-refractivity contribution is 5.73. The third-order valence-electron chi connectivity index (χ3n) is 6.45. The molecule has 2 aliphatic rings. The van der Waals surface area contributed by atoms with Crippen molar-refractivity contribution in [3.63, 3.8) is 0 Å². The maximum absolute atomic E-state index is 10.8. The van der Waals surface area contributed by atoms with Crippen LogP contribution in [0.5, 0.6) is 0 Å². The van der Waals surface area contributed by atoms with Crippen molar-refractivity contribution in [2.75, 3.05) is 0 Å². The first kappa shape index (κ1) is 21.8. The van der Waals surface area contributed by atoms with E-state index in [1.165, 1.54) is 11.1 Å². The highest BCUT2D eigenvalue weighted by Crippen LogP contribution is 2.48. The van der Waals surface area contributed by atoms with Gasteiger partial charge in [0.15, 0.2) is 0 Å². The highest BCUT2D eigenvalue weighted by atomic mass is 16.3. The molecule has 29 heavy (non-hydrogen) atoms. The molecule has 0 bridgehead atoms. The van der Waals surface area contributed by atoms with Crippen molar-refractivity contribution in [1.82, 2.24) is 0 Å². The molecule has 0 spiro atoms. The van der Waals surface area contributed by atoms with Crippen LogP contribution in [0.25, 0.3) is 0 Å². The van der Waals surface area contributed by atoms with Gasteiger partial charge in [0.1, 0.15) is 0 Å². The average molecular weight is 398 g/mol. The number of hydrogen-bond donors (Lipinski definition) is 3. The standard InChI is InChI=1S/C25H35NO3/c1-17-6-5-8-18(12-17)14-21(27)10-11-22-23-15-19(13-20(23)16-24(22)28)7-3-2-4-9-25(26)29/h5-6,8,10-13,20-24,27-28H,2-4,7,9,14-16H2,1H3,(H2,26,29)/b11-10+/t20-,21+,22+,23-,24+/m0/s1. The van der Waals surface area contributed by atoms with Crippen LogP contribution in [-0.4, -0.2) is 28.3 Å². The predicted molar refractivity (Wildman–Crippen MR) is 116 cm³/mol. The molecule has 1 aromatic rings. The van der Waals surface area contributed by atoms with E-state index in [9.17, 15) is 15.0 Å². The summed E-state index contributed by atoms with van der Waals surface area (Å²) in [6.45, 7) is 2.06. The van der Waals surface area contributed by atoms with Crippen molar-refractivity contribution >= 4 is 5.91 Å². The van der Waals surface area contributed by atoms with Crippen LogP contribution < -0.4 is 5.73 Å². The first-order valence-electron chi connectivity index (χ1n) is 11.0. The molecular weight excluding hydrogens is 362 g/mol. The van der Waals surface area contributed by atoms with Gasteiger partial charge >= 0.3 is 0 Å². The normalized spacial score (nSPS) is 27.2. The van der Waals surface area contributed by atoms with Gasteiger partial charge in [0.2, 0.25) is 5.91 Å². The molecule has 1 aromatic carbocycles. The number of aliphatic hydroxyl groups excluding tert-OH is 2. The lowest BCUT2D eigenvalue weighted by atomic mass is 9.88. The molecule has 4 N–H and O–H groups in total. The number of unbranched alkanes of at least 4 members (excludes halogenated alkanes) is 2. The van der Waals surface area contributed by atoms with E-state index in [0.29, 0.717) is 24.7 Å². The molecule has 1 amide bonds. The van der Waals surface area contributed by atoms with E-state index in [1.54, 1.807) is 0 Å². The lowest BCUT2D eigenvalue weighted by Crippen LogP contribution is -2.18. The number of primary amides is 1. The summed E-state index contributed by atoms with van der Waals surface area (Å²) < 4.78 is 0. The van der Waals surface area contributed by atoms with E-state index in [2.05, 4.69) is 31.2 Å². The van der Waals surface area contributed by atoms with Crippen LogP contribution in [0.2, 0.25) is 0 Å². The maximum atomic E-state index is 10.8. The predicted octanol–water partition coefficient (Wildman–Crippen LogP) is 3.83. The molecule has 0 saturated heterocycles. The minimum atomic E-state index is -0.526. The van der Waals surface area contributed by atoms with Crippen LogP contribution >= 0.6 is 0 Å². The molecule has 1 saturated carbocycles. The summed E-state index contributed by atoms with van der Waals surface area (Å²) in [6, 6.07) is 8.23. The first-order valence-corrected chi connectivity index (χ1v) is 11.0. The summed E-state index contributed by atoms with van der Waals surface area (Å²) in [4.78, 5) is 10.8. The number of carbonyl (C=O) groups is 1. The minimum absolute atomic E-state index is 0.121. The van der Waals surface area contributed by atoms with Gasteiger partial charge in [-0.3, -0.25) is 4.79 Å². The molecule has 4 heteroatoms. The van der Waals surface area contributed by atoms with Crippen LogP contribution in [0, 0.1) is 24.7 Å². The van der Waals surface area contributed by atoms with Gasteiger partial charge in [-0.15, -0.1) is 0 Å². The Bertz CT molecular complexity index is 754. The van der Waals surface area contributed by atoms with E-state index >= 15 is 0 Å². The molecule has 0 unspecified atom stereocenters. The largest absolute Gasteiger partial charge is 0.392 e. The van der Waals surface area contributed by atoms with Gasteiger partial charge in [0.05, 0.1) is 12.2 Å². The summed E-state index contributed by atoms with van der Waals surface area (Å²) in [7, 11) is 0. The Morgan fingerprint density at radius 3 is 2.90 bits per heavy atom. The van der Waals surface area contributed by atoms with E-state index in [4.69, 9.17) is 5.73 Å². The fourth-order valence-electron chi connectivity index (χ4n) is 5.02. The second kappa shape index (κ2) is 10.2. The first-order chi connectivity index (χ1) is 13.9. The zero-order valence-corrected chi connectivity index (χ0v) is 17.5. The molecule has 0 heterocycles. The van der Waals surface area contributed by atoms with Gasteiger partial charge in [-0.25, -0.2) is 0 Å². The van der Waals surface area contributed by atoms with Crippen molar-refractivity contribution in [2.45, 2.75) is 70.5 Å². The molecule has 1 fully saturated rings. The topological polar surface area (TPSA) is 83.5 Å². The van der Waals surface area contributed by atoms with Crippen molar-refractivity contribution in [3.8, 4) is 0 Å². The molecule has 0 aromatic heterocycles. The number of allylic oxidation sites excluding steroid dienone is 2.